The second-order valence-electron chi connectivity index (χ2n) is 5.60. The Hall–Kier alpha value is -0.167. The molecule has 1 rings (SSSR count). The molecule has 0 fully saturated rings. The predicted octanol–water partition coefficient (Wildman–Crippen LogP) is -0.346. The molecule has 30 heavy (non-hydrogen) atoms. The Labute approximate surface area is 197 Å². The molecule has 2 radical (unpaired) electrons. The summed E-state index contributed by atoms with van der Waals surface area (Å²) in [6.07, 6.45) is 13.1. The van der Waals surface area contributed by atoms with Gasteiger partial charge in [-0.05, 0) is 12.8 Å². The molecule has 0 aromatic carbocycles. The van der Waals surface area contributed by atoms with Crippen molar-refractivity contribution in [1.82, 2.24) is 9.80 Å². The van der Waals surface area contributed by atoms with Crippen LogP contribution in [0.5, 0.6) is 0 Å². The van der Waals surface area contributed by atoms with Crippen molar-refractivity contribution in [2.24, 2.45) is 0 Å². The topological polar surface area (TPSA) is 239 Å². The van der Waals surface area contributed by atoms with E-state index >= 15 is 0 Å². The van der Waals surface area contributed by atoms with Gasteiger partial charge in [-0.3, -0.25) is 13.7 Å². The van der Waals surface area contributed by atoms with Crippen LogP contribution in [0.4, 0.5) is 0 Å². The van der Waals surface area contributed by atoms with Crippen molar-refractivity contribution in [2.45, 2.75) is 51.6 Å². The molecule has 180 valence electrons. The van der Waals surface area contributed by atoms with E-state index in [9.17, 15) is 0 Å². The fraction of sp³-hybridized carbons (Fsp3) is 0.833. The van der Waals surface area contributed by atoms with Crippen molar-refractivity contribution in [3.05, 3.63) is 12.4 Å². The Balaban J connectivity index is -0.000000176. The van der Waals surface area contributed by atoms with Crippen LogP contribution in [0.3, 0.4) is 0 Å². The van der Waals surface area contributed by atoms with Gasteiger partial charge in [-0.1, -0.05) is 32.6 Å². The summed E-state index contributed by atoms with van der Waals surface area (Å²) in [7, 11) is -10.4. The van der Waals surface area contributed by atoms with E-state index in [2.05, 4.69) is 43.2 Å². The smallest absolute Gasteiger partial charge is 0.726 e. The van der Waals surface area contributed by atoms with E-state index in [1.165, 1.54) is 38.5 Å². The summed E-state index contributed by atoms with van der Waals surface area (Å²) in [6.45, 7) is 2.27. The molecule has 0 atom stereocenters. The summed E-state index contributed by atoms with van der Waals surface area (Å²) in [5.74, 6) is 0. The van der Waals surface area contributed by atoms with Crippen LogP contribution < -0.4 is 0 Å². The SMILES string of the molecule is CCCCCCCC1N(C)C=CN1C.O=S(=O)([O-])O.O=S(=O)([O-])O.O=S(=O)([O-])O.[Bi+3]. The zero-order valence-electron chi connectivity index (χ0n) is 16.6. The van der Waals surface area contributed by atoms with Gasteiger partial charge in [0.1, 0.15) is 6.17 Å². The third-order valence-corrected chi connectivity index (χ3v) is 3.04. The van der Waals surface area contributed by atoms with Gasteiger partial charge in [-0.2, -0.15) is 0 Å². The van der Waals surface area contributed by atoms with Crippen molar-refractivity contribution in [1.29, 1.82) is 0 Å². The number of rotatable bonds is 6. The second kappa shape index (κ2) is 18.4. The number of unbranched alkanes of at least 4 members (excludes halogenated alkanes) is 4. The summed E-state index contributed by atoms with van der Waals surface area (Å²) >= 11 is 0. The molecule has 0 unspecified atom stereocenters. The van der Waals surface area contributed by atoms with E-state index in [1.807, 2.05) is 0 Å². The molecule has 0 spiro atoms. The van der Waals surface area contributed by atoms with E-state index in [0.29, 0.717) is 6.17 Å². The molecule has 0 saturated carbocycles. The van der Waals surface area contributed by atoms with Crippen LogP contribution in [0.1, 0.15) is 45.4 Å². The molecule has 1 heterocycles. The van der Waals surface area contributed by atoms with Gasteiger partial charge in [0, 0.05) is 26.5 Å². The quantitative estimate of drug-likeness (QED) is 0.139. The van der Waals surface area contributed by atoms with Crippen LogP contribution >= 0.6 is 0 Å². The molecular formula is C12H27BiN2O12S3. The minimum atomic E-state index is -4.92. The van der Waals surface area contributed by atoms with E-state index in [1.54, 1.807) is 0 Å². The molecule has 1 aliphatic heterocycles. The monoisotopic (exact) mass is 696 g/mol. The molecular weight excluding hydrogens is 669 g/mol. The van der Waals surface area contributed by atoms with Crippen LogP contribution in [-0.4, -0.2) is 109 Å². The average molecular weight is 697 g/mol. The molecule has 0 aliphatic carbocycles. The van der Waals surface area contributed by atoms with Crippen molar-refractivity contribution in [3.8, 4) is 0 Å². The molecule has 0 bridgehead atoms. The number of hydrogen-bond acceptors (Lipinski definition) is 11. The normalized spacial score (nSPS) is 13.8. The van der Waals surface area contributed by atoms with E-state index in [0.717, 1.165) is 0 Å². The first kappa shape index (κ1) is 37.2. The Kier molecular flexibility index (Phi) is 22.8. The summed E-state index contributed by atoms with van der Waals surface area (Å²) < 4.78 is 98.5. The van der Waals surface area contributed by atoms with Gasteiger partial charge < -0.3 is 23.5 Å². The van der Waals surface area contributed by atoms with Crippen molar-refractivity contribution in [3.63, 3.8) is 0 Å². The number of nitrogens with zero attached hydrogens (tertiary/aromatic N) is 2. The van der Waals surface area contributed by atoms with Gasteiger partial charge in [0.05, 0.1) is 0 Å². The van der Waals surface area contributed by atoms with Crippen molar-refractivity contribution >= 4 is 57.4 Å². The first-order valence-electron chi connectivity index (χ1n) is 7.92. The minimum absolute atomic E-state index is 0. The van der Waals surface area contributed by atoms with Gasteiger partial charge in [0.15, 0.2) is 0 Å². The Morgan fingerprint density at radius 2 is 1.00 bits per heavy atom. The fourth-order valence-corrected chi connectivity index (χ4v) is 2.03. The third-order valence-electron chi connectivity index (χ3n) is 3.04. The maximum atomic E-state index is 8.63. The van der Waals surface area contributed by atoms with Gasteiger partial charge >= 0.3 is 26.2 Å². The molecule has 0 amide bonds. The van der Waals surface area contributed by atoms with Gasteiger partial charge in [-0.25, -0.2) is 25.3 Å². The third kappa shape index (κ3) is 50.9. The van der Waals surface area contributed by atoms with Crippen LogP contribution in [-0.2, 0) is 31.2 Å². The largest absolute Gasteiger partial charge is 3.00 e. The van der Waals surface area contributed by atoms with Crippen LogP contribution in [0.25, 0.3) is 0 Å². The van der Waals surface area contributed by atoms with Crippen LogP contribution in [0, 0.1) is 0 Å². The minimum Gasteiger partial charge on any atom is -0.726 e. The van der Waals surface area contributed by atoms with Crippen LogP contribution in [0.15, 0.2) is 12.4 Å². The Bertz CT molecular complexity index is 648. The first-order valence-corrected chi connectivity index (χ1v) is 12.0. The molecule has 1 aliphatic rings. The van der Waals surface area contributed by atoms with E-state index in [-0.39, 0.29) is 26.2 Å². The summed E-state index contributed by atoms with van der Waals surface area (Å²) in [4.78, 5) is 4.61. The molecule has 0 aromatic rings. The maximum Gasteiger partial charge on any atom is 3.00 e. The zero-order valence-corrected chi connectivity index (χ0v) is 22.5. The second-order valence-corrected chi connectivity index (χ2v) is 8.16. The molecule has 3 N–H and O–H groups in total. The summed E-state index contributed by atoms with van der Waals surface area (Å²) in [5.41, 5.74) is 0. The number of hydrogen-bond donors (Lipinski definition) is 3. The van der Waals surface area contributed by atoms with Crippen molar-refractivity contribution in [2.75, 3.05) is 14.1 Å². The first-order chi connectivity index (χ1) is 12.8. The molecule has 0 aromatic heterocycles. The van der Waals surface area contributed by atoms with Crippen molar-refractivity contribution < 1.29 is 52.6 Å². The summed E-state index contributed by atoms with van der Waals surface area (Å²) in [5, 5.41) is 0. The zero-order chi connectivity index (χ0) is 23.9. The van der Waals surface area contributed by atoms with Gasteiger partial charge in [0.2, 0.25) is 31.2 Å². The average Bonchev–Trinajstić information content (AvgIpc) is 2.73. The van der Waals surface area contributed by atoms with Crippen LogP contribution in [0.2, 0.25) is 0 Å². The van der Waals surface area contributed by atoms with Gasteiger partial charge in [0.25, 0.3) is 0 Å². The predicted molar refractivity (Wildman–Crippen MR) is 105 cm³/mol. The Morgan fingerprint density at radius 1 is 0.733 bits per heavy atom. The maximum absolute atomic E-state index is 8.63. The molecule has 14 nitrogen and oxygen atoms in total. The van der Waals surface area contributed by atoms with E-state index < -0.39 is 31.2 Å². The standard InChI is InChI=1S/C12H24N2.Bi.3H2O4S/c1-4-5-6-7-8-9-12-13(2)10-11-14(12)3;;3*1-5(2,3)4/h10-12H,4-9H2,1-3H3;;3*(H2,1,2,3,4)/q;+3;;;/p-3. The van der Waals surface area contributed by atoms with Gasteiger partial charge in [-0.15, -0.1) is 0 Å². The Morgan fingerprint density at radius 3 is 1.27 bits per heavy atom. The summed E-state index contributed by atoms with van der Waals surface area (Å²) in [6, 6.07) is 0. The van der Waals surface area contributed by atoms with E-state index in [4.69, 9.17) is 52.6 Å². The molecule has 0 saturated heterocycles. The fourth-order valence-electron chi connectivity index (χ4n) is 2.03. The molecule has 18 heteroatoms.